The molecule has 1 aliphatic rings. The largest absolute Gasteiger partial charge is 0.362 e. The van der Waals surface area contributed by atoms with Crippen LogP contribution in [0, 0.1) is 5.82 Å². The summed E-state index contributed by atoms with van der Waals surface area (Å²) in [5.74, 6) is 0.596. The molecular formula is C13H12FN3. The van der Waals surface area contributed by atoms with Crippen molar-refractivity contribution in [2.45, 2.75) is 18.9 Å². The van der Waals surface area contributed by atoms with Gasteiger partial charge in [-0.15, -0.1) is 0 Å². The van der Waals surface area contributed by atoms with E-state index in [0.29, 0.717) is 0 Å². The zero-order valence-electron chi connectivity index (χ0n) is 9.23. The van der Waals surface area contributed by atoms with Crippen LogP contribution < -0.4 is 5.32 Å². The van der Waals surface area contributed by atoms with Gasteiger partial charge < -0.3 is 5.32 Å². The molecule has 2 aromatic rings. The standard InChI is InChI=1S/C13H12FN3/c14-10-2-3-11-9(7-10)1-4-12(11)17-13-8-15-5-6-16-13/h2-3,5-8,12H,1,4H2,(H,16,17)/t12-/m0/s1. The molecule has 3 nitrogen and oxygen atoms in total. The molecule has 0 saturated heterocycles. The number of fused-ring (bicyclic) bond motifs is 1. The molecule has 1 aromatic carbocycles. The van der Waals surface area contributed by atoms with E-state index >= 15 is 0 Å². The Bertz CT molecular complexity index is 527. The highest BCUT2D eigenvalue weighted by Crippen LogP contribution is 2.33. The van der Waals surface area contributed by atoms with Gasteiger partial charge in [-0.25, -0.2) is 9.37 Å². The number of aryl methyl sites for hydroxylation is 1. The first-order chi connectivity index (χ1) is 8.33. The van der Waals surface area contributed by atoms with Crippen LogP contribution in [0.25, 0.3) is 0 Å². The fourth-order valence-corrected chi connectivity index (χ4v) is 2.29. The van der Waals surface area contributed by atoms with E-state index < -0.39 is 0 Å². The molecule has 0 fully saturated rings. The van der Waals surface area contributed by atoms with Crippen molar-refractivity contribution in [3.05, 3.63) is 53.7 Å². The van der Waals surface area contributed by atoms with E-state index in [9.17, 15) is 4.39 Å². The molecule has 4 heteroatoms. The van der Waals surface area contributed by atoms with Crippen molar-refractivity contribution in [1.29, 1.82) is 0 Å². The van der Waals surface area contributed by atoms with Gasteiger partial charge in [0.15, 0.2) is 0 Å². The summed E-state index contributed by atoms with van der Waals surface area (Å²) in [6, 6.07) is 5.19. The van der Waals surface area contributed by atoms with Gasteiger partial charge >= 0.3 is 0 Å². The average molecular weight is 229 g/mol. The molecule has 0 saturated carbocycles. The third kappa shape index (κ3) is 1.98. The van der Waals surface area contributed by atoms with Crippen molar-refractivity contribution in [3.8, 4) is 0 Å². The van der Waals surface area contributed by atoms with E-state index in [0.717, 1.165) is 29.8 Å². The van der Waals surface area contributed by atoms with Crippen molar-refractivity contribution >= 4 is 5.82 Å². The molecule has 0 spiro atoms. The summed E-state index contributed by atoms with van der Waals surface area (Å²) < 4.78 is 13.1. The maximum Gasteiger partial charge on any atom is 0.144 e. The molecule has 0 bridgehead atoms. The predicted octanol–water partition coefficient (Wildman–Crippen LogP) is 2.72. The third-order valence-corrected chi connectivity index (χ3v) is 3.07. The van der Waals surface area contributed by atoms with E-state index in [-0.39, 0.29) is 11.9 Å². The number of hydrogen-bond donors (Lipinski definition) is 1. The summed E-state index contributed by atoms with van der Waals surface area (Å²) in [6.07, 6.45) is 6.87. The normalized spacial score (nSPS) is 17.8. The third-order valence-electron chi connectivity index (χ3n) is 3.07. The number of nitrogens with one attached hydrogen (secondary N) is 1. The van der Waals surface area contributed by atoms with Gasteiger partial charge in [0.25, 0.3) is 0 Å². The summed E-state index contributed by atoms with van der Waals surface area (Å²) in [6.45, 7) is 0. The Kier molecular flexibility index (Phi) is 2.48. The second-order valence-corrected chi connectivity index (χ2v) is 4.17. The summed E-state index contributed by atoms with van der Waals surface area (Å²) in [4.78, 5) is 8.20. The molecule has 1 atom stereocenters. The van der Waals surface area contributed by atoms with E-state index in [1.54, 1.807) is 24.7 Å². The molecule has 3 rings (SSSR count). The lowest BCUT2D eigenvalue weighted by Crippen LogP contribution is -2.08. The van der Waals surface area contributed by atoms with Crippen molar-refractivity contribution in [1.82, 2.24) is 9.97 Å². The number of halogens is 1. The Balaban J connectivity index is 1.85. The minimum absolute atomic E-state index is 0.163. The van der Waals surface area contributed by atoms with Gasteiger partial charge in [0, 0.05) is 12.4 Å². The fraction of sp³-hybridized carbons (Fsp3) is 0.231. The summed E-state index contributed by atoms with van der Waals surface area (Å²) in [7, 11) is 0. The van der Waals surface area contributed by atoms with Crippen LogP contribution in [0.4, 0.5) is 10.2 Å². The summed E-state index contributed by atoms with van der Waals surface area (Å²) in [5, 5.41) is 3.32. The van der Waals surface area contributed by atoms with Crippen LogP contribution in [0.5, 0.6) is 0 Å². The monoisotopic (exact) mass is 229 g/mol. The number of anilines is 1. The highest BCUT2D eigenvalue weighted by molar-refractivity contribution is 5.42. The number of aromatic nitrogens is 2. The lowest BCUT2D eigenvalue weighted by molar-refractivity contribution is 0.626. The fourth-order valence-electron chi connectivity index (χ4n) is 2.29. The first-order valence-corrected chi connectivity index (χ1v) is 5.64. The van der Waals surface area contributed by atoms with E-state index in [1.165, 1.54) is 6.07 Å². The Morgan fingerprint density at radius 2 is 2.24 bits per heavy atom. The molecule has 0 aliphatic heterocycles. The maximum absolute atomic E-state index is 13.1. The van der Waals surface area contributed by atoms with E-state index in [4.69, 9.17) is 0 Å². The van der Waals surface area contributed by atoms with Crippen LogP contribution in [0.2, 0.25) is 0 Å². The quantitative estimate of drug-likeness (QED) is 0.860. The number of nitrogens with zero attached hydrogens (tertiary/aromatic N) is 2. The van der Waals surface area contributed by atoms with Gasteiger partial charge in [-0.2, -0.15) is 0 Å². The minimum atomic E-state index is -0.163. The molecule has 1 heterocycles. The number of hydrogen-bond acceptors (Lipinski definition) is 3. The van der Waals surface area contributed by atoms with Gasteiger partial charge in [-0.05, 0) is 36.1 Å². The molecule has 0 radical (unpaired) electrons. The molecule has 1 N–H and O–H groups in total. The zero-order chi connectivity index (χ0) is 11.7. The Hall–Kier alpha value is -1.97. The van der Waals surface area contributed by atoms with Gasteiger partial charge in [0.05, 0.1) is 12.2 Å². The average Bonchev–Trinajstić information content (AvgIpc) is 2.73. The highest BCUT2D eigenvalue weighted by atomic mass is 19.1. The van der Waals surface area contributed by atoms with Crippen LogP contribution in [0.3, 0.4) is 0 Å². The Labute approximate surface area is 98.7 Å². The van der Waals surface area contributed by atoms with Crippen molar-refractivity contribution in [3.63, 3.8) is 0 Å². The predicted molar refractivity (Wildman–Crippen MR) is 63.1 cm³/mol. The zero-order valence-corrected chi connectivity index (χ0v) is 9.23. The molecule has 0 amide bonds. The second kappa shape index (κ2) is 4.13. The smallest absolute Gasteiger partial charge is 0.144 e. The maximum atomic E-state index is 13.1. The molecule has 0 unspecified atom stereocenters. The lowest BCUT2D eigenvalue weighted by atomic mass is 10.1. The van der Waals surface area contributed by atoms with Gasteiger partial charge in [0.2, 0.25) is 0 Å². The minimum Gasteiger partial charge on any atom is -0.362 e. The molecule has 1 aromatic heterocycles. The first kappa shape index (κ1) is 10.2. The Morgan fingerprint density at radius 3 is 3.06 bits per heavy atom. The molecular weight excluding hydrogens is 217 g/mol. The van der Waals surface area contributed by atoms with Crippen molar-refractivity contribution < 1.29 is 4.39 Å². The van der Waals surface area contributed by atoms with Gasteiger partial charge in [0.1, 0.15) is 11.6 Å². The van der Waals surface area contributed by atoms with Crippen LogP contribution in [-0.4, -0.2) is 9.97 Å². The summed E-state index contributed by atoms with van der Waals surface area (Å²) >= 11 is 0. The SMILES string of the molecule is Fc1ccc2c(c1)CC[C@@H]2Nc1cnccn1. The van der Waals surface area contributed by atoms with Crippen LogP contribution >= 0.6 is 0 Å². The summed E-state index contributed by atoms with van der Waals surface area (Å²) in [5.41, 5.74) is 2.25. The first-order valence-electron chi connectivity index (χ1n) is 5.64. The highest BCUT2D eigenvalue weighted by Gasteiger charge is 2.22. The van der Waals surface area contributed by atoms with E-state index in [2.05, 4.69) is 15.3 Å². The molecule has 1 aliphatic carbocycles. The molecule has 86 valence electrons. The van der Waals surface area contributed by atoms with Crippen molar-refractivity contribution in [2.24, 2.45) is 0 Å². The van der Waals surface area contributed by atoms with Crippen molar-refractivity contribution in [2.75, 3.05) is 5.32 Å². The number of rotatable bonds is 2. The second-order valence-electron chi connectivity index (χ2n) is 4.17. The van der Waals surface area contributed by atoms with E-state index in [1.807, 2.05) is 6.07 Å². The van der Waals surface area contributed by atoms with Gasteiger partial charge in [-0.3, -0.25) is 4.98 Å². The topological polar surface area (TPSA) is 37.8 Å². The van der Waals surface area contributed by atoms with Crippen LogP contribution in [-0.2, 0) is 6.42 Å². The lowest BCUT2D eigenvalue weighted by Gasteiger charge is -2.14. The van der Waals surface area contributed by atoms with Crippen LogP contribution in [0.1, 0.15) is 23.6 Å². The molecule has 17 heavy (non-hydrogen) atoms. The Morgan fingerprint density at radius 1 is 1.29 bits per heavy atom. The van der Waals surface area contributed by atoms with Crippen LogP contribution in [0.15, 0.2) is 36.8 Å². The van der Waals surface area contributed by atoms with Gasteiger partial charge in [-0.1, -0.05) is 6.07 Å². The number of benzene rings is 1.